The molecular weight excluding hydrogens is 309 g/mol. The summed E-state index contributed by atoms with van der Waals surface area (Å²) in [6.07, 6.45) is 0. The smallest absolute Gasteiger partial charge is 0.252 e. The number of nitrogens with zero attached hydrogens (tertiary/aromatic N) is 1. The van der Waals surface area contributed by atoms with E-state index < -0.39 is 5.24 Å². The van der Waals surface area contributed by atoms with Gasteiger partial charge in [0, 0.05) is 12.5 Å². The molecule has 0 radical (unpaired) electrons. The molecule has 1 aromatic carbocycles. The van der Waals surface area contributed by atoms with Crippen molar-refractivity contribution in [2.24, 2.45) is 0 Å². The van der Waals surface area contributed by atoms with E-state index in [1.807, 2.05) is 6.07 Å². The van der Waals surface area contributed by atoms with E-state index in [2.05, 4.69) is 35.9 Å². The van der Waals surface area contributed by atoms with E-state index in [1.54, 1.807) is 12.1 Å². The van der Waals surface area contributed by atoms with Crippen molar-refractivity contribution in [3.05, 3.63) is 59.7 Å². The third kappa shape index (κ3) is 6.71. The first-order chi connectivity index (χ1) is 9.93. The van der Waals surface area contributed by atoms with Gasteiger partial charge in [-0.25, -0.2) is 0 Å². The van der Waals surface area contributed by atoms with Crippen molar-refractivity contribution in [1.29, 1.82) is 5.26 Å². The summed E-state index contributed by atoms with van der Waals surface area (Å²) >= 11 is 9.81. The van der Waals surface area contributed by atoms with Crippen molar-refractivity contribution in [3.63, 3.8) is 0 Å². The van der Waals surface area contributed by atoms with Crippen LogP contribution in [0, 0.1) is 11.3 Å². The van der Waals surface area contributed by atoms with E-state index >= 15 is 0 Å². The van der Waals surface area contributed by atoms with Crippen molar-refractivity contribution in [2.45, 2.75) is 6.92 Å². The number of carbonyl (C=O) groups excluding carboxylic acids is 2. The van der Waals surface area contributed by atoms with Gasteiger partial charge in [-0.1, -0.05) is 18.2 Å². The Balaban J connectivity index is 0.000000183. The van der Waals surface area contributed by atoms with Gasteiger partial charge in [0.1, 0.15) is 0 Å². The number of carbonyl (C=O) groups is 2. The number of benzene rings is 2. The van der Waals surface area contributed by atoms with Crippen LogP contribution in [0.15, 0.2) is 48.5 Å². The molecule has 5 heteroatoms. The zero-order valence-electron chi connectivity index (χ0n) is 11.1. The first kappa shape index (κ1) is 16.9. The Bertz CT molecular complexity index is 667. The molecule has 0 heterocycles. The summed E-state index contributed by atoms with van der Waals surface area (Å²) in [5.74, 6) is 0. The molecule has 0 amide bonds. The normalized spacial score (nSPS) is 9.05. The second-order valence-corrected chi connectivity index (χ2v) is 4.89. The number of rotatable bonds is 1. The van der Waals surface area contributed by atoms with Gasteiger partial charge in [-0.05, 0) is 64.7 Å². The molecule has 106 valence electrons. The van der Waals surface area contributed by atoms with Crippen LogP contribution in [0.2, 0.25) is 0 Å². The van der Waals surface area contributed by atoms with Gasteiger partial charge in [0.25, 0.3) is 5.24 Å². The van der Waals surface area contributed by atoms with Crippen LogP contribution in [0.5, 0.6) is 0 Å². The van der Waals surface area contributed by atoms with Crippen molar-refractivity contribution >= 4 is 33.7 Å². The highest BCUT2D eigenvalue weighted by Gasteiger charge is 2.07. The van der Waals surface area contributed by atoms with Gasteiger partial charge in [-0.15, -0.1) is 0 Å². The molecule has 2 aliphatic rings. The van der Waals surface area contributed by atoms with Gasteiger partial charge >= 0.3 is 0 Å². The van der Waals surface area contributed by atoms with E-state index in [1.165, 1.54) is 30.2 Å². The monoisotopic (exact) mass is 319 g/mol. The molecular formula is C16H11Cl2NO2. The highest BCUT2D eigenvalue weighted by Crippen LogP contribution is 2.32. The van der Waals surface area contributed by atoms with Crippen LogP contribution < -0.4 is 0 Å². The van der Waals surface area contributed by atoms with Crippen LogP contribution in [0.1, 0.15) is 22.8 Å². The summed E-state index contributed by atoms with van der Waals surface area (Å²) in [4.78, 5) is 19.7. The van der Waals surface area contributed by atoms with Crippen molar-refractivity contribution in [3.8, 4) is 17.2 Å². The van der Waals surface area contributed by atoms with E-state index in [0.29, 0.717) is 11.1 Å². The molecule has 0 bridgehead atoms. The second kappa shape index (κ2) is 8.21. The maximum atomic E-state index is 10.5. The number of hydrogen-bond acceptors (Lipinski definition) is 3. The summed E-state index contributed by atoms with van der Waals surface area (Å²) in [5.41, 5.74) is 3.78. The van der Waals surface area contributed by atoms with E-state index in [0.717, 1.165) is 0 Å². The van der Waals surface area contributed by atoms with Gasteiger partial charge in [-0.2, -0.15) is 5.26 Å². The summed E-state index contributed by atoms with van der Waals surface area (Å²) in [6, 6.07) is 16.6. The van der Waals surface area contributed by atoms with Crippen LogP contribution >= 0.6 is 23.2 Å². The molecule has 0 spiro atoms. The van der Waals surface area contributed by atoms with Crippen molar-refractivity contribution in [2.75, 3.05) is 0 Å². The van der Waals surface area contributed by atoms with Crippen LogP contribution in [-0.2, 0) is 4.79 Å². The summed E-state index contributed by atoms with van der Waals surface area (Å²) < 4.78 is 0. The Hall–Kier alpha value is -2.15. The zero-order chi connectivity index (χ0) is 15.8. The summed E-state index contributed by atoms with van der Waals surface area (Å²) in [5, 5.41) is 7.53. The molecule has 0 saturated heterocycles. The Morgan fingerprint density at radius 1 is 1.00 bits per heavy atom. The summed E-state index contributed by atoms with van der Waals surface area (Å²) in [7, 11) is 0. The minimum Gasteiger partial charge on any atom is -0.282 e. The number of halogens is 2. The molecule has 3 nitrogen and oxygen atoms in total. The van der Waals surface area contributed by atoms with Gasteiger partial charge in [0.05, 0.1) is 11.6 Å². The molecule has 0 fully saturated rings. The van der Waals surface area contributed by atoms with Crippen molar-refractivity contribution in [1.82, 2.24) is 0 Å². The van der Waals surface area contributed by atoms with Gasteiger partial charge in [-0.3, -0.25) is 9.59 Å². The fraction of sp³-hybridized carbons (Fsp3) is 0.0625. The SMILES string of the molecule is CC(=O)Cl.N#Cc1ccc(C(=O)Cl)cc1.c1cc2cc-2c1. The first-order valence-electron chi connectivity index (χ1n) is 5.90. The quantitative estimate of drug-likeness (QED) is 0.625. The fourth-order valence-corrected chi connectivity index (χ4v) is 1.48. The standard InChI is InChI=1S/C8H4ClNO.C6H4.C2H3ClO/c9-8(11)7-3-1-6(5-10)2-4-7;1-2-5-4-6(5)3-1;1-2(3)4/h1-4H;1-4H;1H3. The van der Waals surface area contributed by atoms with Crippen LogP contribution in [0.25, 0.3) is 11.1 Å². The Labute approximate surface area is 132 Å². The lowest BCUT2D eigenvalue weighted by molar-refractivity contribution is -0.109. The molecule has 3 rings (SSSR count). The molecule has 1 aromatic rings. The molecule has 2 aliphatic carbocycles. The van der Waals surface area contributed by atoms with Gasteiger partial charge < -0.3 is 0 Å². The lowest BCUT2D eigenvalue weighted by Gasteiger charge is -1.91. The largest absolute Gasteiger partial charge is 0.282 e. The average molecular weight is 320 g/mol. The Morgan fingerprint density at radius 3 is 1.71 bits per heavy atom. The Kier molecular flexibility index (Phi) is 6.61. The Morgan fingerprint density at radius 2 is 1.48 bits per heavy atom. The van der Waals surface area contributed by atoms with E-state index in [4.69, 9.17) is 16.9 Å². The molecule has 0 atom stereocenters. The molecule has 0 saturated carbocycles. The fourth-order valence-electron chi connectivity index (χ4n) is 1.35. The lowest BCUT2D eigenvalue weighted by atomic mass is 10.2. The predicted molar refractivity (Wildman–Crippen MR) is 83.3 cm³/mol. The minimum absolute atomic E-state index is 0.361. The maximum Gasteiger partial charge on any atom is 0.252 e. The van der Waals surface area contributed by atoms with Crippen LogP contribution in [-0.4, -0.2) is 10.5 Å². The molecule has 0 N–H and O–H groups in total. The number of hydrogen-bond donors (Lipinski definition) is 0. The first-order valence-corrected chi connectivity index (χ1v) is 6.66. The number of nitriles is 1. The third-order valence-electron chi connectivity index (χ3n) is 2.35. The molecule has 0 unspecified atom stereocenters. The topological polar surface area (TPSA) is 57.9 Å². The van der Waals surface area contributed by atoms with Crippen LogP contribution in [0.4, 0.5) is 0 Å². The van der Waals surface area contributed by atoms with Crippen LogP contribution in [0.3, 0.4) is 0 Å². The van der Waals surface area contributed by atoms with Gasteiger partial charge in [0.2, 0.25) is 5.24 Å². The average Bonchev–Trinajstić information content (AvgIpc) is 3.05. The maximum absolute atomic E-state index is 10.5. The van der Waals surface area contributed by atoms with E-state index in [-0.39, 0.29) is 5.24 Å². The zero-order valence-corrected chi connectivity index (χ0v) is 12.7. The molecule has 21 heavy (non-hydrogen) atoms. The molecule has 0 aliphatic heterocycles. The summed E-state index contributed by atoms with van der Waals surface area (Å²) in [6.45, 7) is 1.29. The highest BCUT2D eigenvalue weighted by atomic mass is 35.5. The second-order valence-electron chi connectivity index (χ2n) is 4.01. The third-order valence-corrected chi connectivity index (χ3v) is 2.57. The number of fused-ring (bicyclic) bond motifs is 1. The highest BCUT2D eigenvalue weighted by molar-refractivity contribution is 6.67. The van der Waals surface area contributed by atoms with E-state index in [9.17, 15) is 9.59 Å². The predicted octanol–water partition coefficient (Wildman–Crippen LogP) is 4.38. The van der Waals surface area contributed by atoms with Crippen molar-refractivity contribution < 1.29 is 9.59 Å². The van der Waals surface area contributed by atoms with Gasteiger partial charge in [0.15, 0.2) is 0 Å². The lowest BCUT2D eigenvalue weighted by Crippen LogP contribution is -1.87. The minimum atomic E-state index is -0.505. The molecule has 0 aromatic heterocycles.